The average Bonchev–Trinajstić information content (AvgIpc) is 3.01. The average molecular weight is 616 g/mol. The predicted molar refractivity (Wildman–Crippen MR) is 177 cm³/mol. The van der Waals surface area contributed by atoms with Crippen LogP contribution >= 0.6 is 0 Å². The lowest BCUT2D eigenvalue weighted by atomic mass is 10.0. The molecule has 45 heavy (non-hydrogen) atoms. The monoisotopic (exact) mass is 615 g/mol. The number of benzene rings is 2. The molecule has 4 rings (SSSR count). The van der Waals surface area contributed by atoms with E-state index in [0.29, 0.717) is 42.5 Å². The molecule has 0 aliphatic carbocycles. The summed E-state index contributed by atoms with van der Waals surface area (Å²) in [4.78, 5) is 55.1. The molecule has 3 amide bonds. The van der Waals surface area contributed by atoms with Gasteiger partial charge in [-0.05, 0) is 66.8 Å². The normalized spacial score (nSPS) is 15.0. The Hall–Kier alpha value is -4.51. The lowest BCUT2D eigenvalue weighted by Crippen LogP contribution is -2.50. The molecule has 1 atom stereocenters. The highest BCUT2D eigenvalue weighted by Crippen LogP contribution is 2.23. The molecule has 0 radical (unpaired) electrons. The van der Waals surface area contributed by atoms with Crippen LogP contribution in [-0.4, -0.2) is 96.1 Å². The SMILES string of the molecule is CCN(CCN(C)C)c1cc(C(=O)Nc2ccccc2C(=O)NC2CCCN(C(=O)OC(C)(C)C)C2)nc(-c2ccccc2)n1. The van der Waals surface area contributed by atoms with Crippen molar-refractivity contribution in [3.05, 3.63) is 71.9 Å². The van der Waals surface area contributed by atoms with E-state index in [1.165, 1.54) is 0 Å². The summed E-state index contributed by atoms with van der Waals surface area (Å²) in [5.74, 6) is 0.306. The number of ether oxygens (including phenoxy) is 1. The van der Waals surface area contributed by atoms with Crippen molar-refractivity contribution in [1.29, 1.82) is 0 Å². The molecular weight excluding hydrogens is 570 g/mol. The molecule has 2 aromatic carbocycles. The third-order valence-corrected chi connectivity index (χ3v) is 7.33. The highest BCUT2D eigenvalue weighted by molar-refractivity contribution is 6.08. The number of amides is 3. The number of rotatable bonds is 10. The van der Waals surface area contributed by atoms with Crippen LogP contribution in [0.15, 0.2) is 60.7 Å². The molecule has 240 valence electrons. The van der Waals surface area contributed by atoms with Gasteiger partial charge in [-0.2, -0.15) is 0 Å². The van der Waals surface area contributed by atoms with Gasteiger partial charge in [0, 0.05) is 50.4 Å². The highest BCUT2D eigenvalue weighted by atomic mass is 16.6. The number of carbonyl (C=O) groups is 3. The first kappa shape index (κ1) is 33.4. The number of piperidine rings is 1. The van der Waals surface area contributed by atoms with Gasteiger partial charge in [0.15, 0.2) is 5.82 Å². The van der Waals surface area contributed by atoms with Gasteiger partial charge >= 0.3 is 6.09 Å². The summed E-state index contributed by atoms with van der Waals surface area (Å²) >= 11 is 0. The van der Waals surface area contributed by atoms with Crippen LogP contribution in [0.2, 0.25) is 0 Å². The quantitative estimate of drug-likeness (QED) is 0.330. The molecule has 0 bridgehead atoms. The number of anilines is 2. The standard InChI is InChI=1S/C34H45N7O4/c1-7-40(21-20-39(5)6)29-22-28(36-30(38-29)24-14-9-8-10-15-24)32(43)37-27-18-12-11-17-26(27)31(42)35-25-16-13-19-41(23-25)33(44)45-34(2,3)4/h8-12,14-15,17-18,22,25H,7,13,16,19-21,23H2,1-6H3,(H,35,42)(H,37,43). The zero-order valence-corrected chi connectivity index (χ0v) is 27.2. The van der Waals surface area contributed by atoms with Crippen LogP contribution in [0, 0.1) is 0 Å². The maximum atomic E-state index is 13.7. The first-order valence-corrected chi connectivity index (χ1v) is 15.5. The molecule has 2 heterocycles. The summed E-state index contributed by atoms with van der Waals surface area (Å²) < 4.78 is 5.52. The van der Waals surface area contributed by atoms with E-state index in [0.717, 1.165) is 31.5 Å². The van der Waals surface area contributed by atoms with E-state index in [4.69, 9.17) is 9.72 Å². The van der Waals surface area contributed by atoms with Crippen molar-refractivity contribution >= 4 is 29.4 Å². The number of hydrogen-bond acceptors (Lipinski definition) is 8. The molecule has 11 nitrogen and oxygen atoms in total. The van der Waals surface area contributed by atoms with Gasteiger partial charge in [0.2, 0.25) is 0 Å². The molecule has 1 saturated heterocycles. The minimum Gasteiger partial charge on any atom is -0.444 e. The third-order valence-electron chi connectivity index (χ3n) is 7.33. The number of para-hydroxylation sites is 1. The lowest BCUT2D eigenvalue weighted by Gasteiger charge is -2.34. The fourth-order valence-corrected chi connectivity index (χ4v) is 5.01. The third kappa shape index (κ3) is 9.49. The van der Waals surface area contributed by atoms with Gasteiger partial charge in [0.05, 0.1) is 11.3 Å². The first-order valence-electron chi connectivity index (χ1n) is 15.5. The van der Waals surface area contributed by atoms with Gasteiger partial charge in [-0.15, -0.1) is 0 Å². The van der Waals surface area contributed by atoms with E-state index >= 15 is 0 Å². The second kappa shape index (κ2) is 15.0. The van der Waals surface area contributed by atoms with Crippen LogP contribution in [0.1, 0.15) is 61.4 Å². The summed E-state index contributed by atoms with van der Waals surface area (Å²) in [6.07, 6.45) is 1.08. The summed E-state index contributed by atoms with van der Waals surface area (Å²) in [6.45, 7) is 10.7. The minimum absolute atomic E-state index is 0.192. The Morgan fingerprint density at radius 3 is 2.38 bits per heavy atom. The number of likely N-dealkylation sites (N-methyl/N-ethyl adjacent to an activating group) is 2. The maximum Gasteiger partial charge on any atom is 0.410 e. The summed E-state index contributed by atoms with van der Waals surface area (Å²) in [7, 11) is 4.03. The Bertz CT molecular complexity index is 1470. The van der Waals surface area contributed by atoms with Gasteiger partial charge in [0.1, 0.15) is 17.1 Å². The number of hydrogen-bond donors (Lipinski definition) is 2. The fourth-order valence-electron chi connectivity index (χ4n) is 5.01. The molecular formula is C34H45N7O4. The largest absolute Gasteiger partial charge is 0.444 e. The Kier molecular flexibility index (Phi) is 11.1. The molecule has 0 saturated carbocycles. The molecule has 0 spiro atoms. The number of nitrogens with one attached hydrogen (secondary N) is 2. The predicted octanol–water partition coefficient (Wildman–Crippen LogP) is 4.91. The molecule has 1 aliphatic heterocycles. The Balaban J connectivity index is 1.54. The Labute approximate surface area is 266 Å². The van der Waals surface area contributed by atoms with Crippen LogP contribution in [0.25, 0.3) is 11.4 Å². The number of likely N-dealkylation sites (tertiary alicyclic amines) is 1. The second-order valence-electron chi connectivity index (χ2n) is 12.4. The Morgan fingerprint density at radius 1 is 0.978 bits per heavy atom. The topological polar surface area (TPSA) is 120 Å². The zero-order chi connectivity index (χ0) is 32.6. The number of nitrogens with zero attached hydrogens (tertiary/aromatic N) is 5. The number of aromatic nitrogens is 2. The van der Waals surface area contributed by atoms with E-state index in [-0.39, 0.29) is 17.6 Å². The molecule has 1 aromatic heterocycles. The van der Waals surface area contributed by atoms with E-state index in [2.05, 4.69) is 25.4 Å². The lowest BCUT2D eigenvalue weighted by molar-refractivity contribution is 0.0185. The van der Waals surface area contributed by atoms with Crippen molar-refractivity contribution in [3.63, 3.8) is 0 Å². The van der Waals surface area contributed by atoms with Crippen molar-refractivity contribution in [3.8, 4) is 11.4 Å². The van der Waals surface area contributed by atoms with Gasteiger partial charge in [-0.1, -0.05) is 42.5 Å². The fraction of sp³-hybridized carbons (Fsp3) is 0.441. The summed E-state index contributed by atoms with van der Waals surface area (Å²) in [5, 5.41) is 5.96. The van der Waals surface area contributed by atoms with E-state index in [9.17, 15) is 14.4 Å². The molecule has 1 fully saturated rings. The van der Waals surface area contributed by atoms with Crippen LogP contribution in [-0.2, 0) is 4.74 Å². The van der Waals surface area contributed by atoms with Crippen molar-refractivity contribution in [2.24, 2.45) is 0 Å². The van der Waals surface area contributed by atoms with Crippen molar-refractivity contribution in [1.82, 2.24) is 25.1 Å². The molecule has 3 aromatic rings. The molecule has 11 heteroatoms. The molecule has 2 N–H and O–H groups in total. The first-order chi connectivity index (χ1) is 21.4. The van der Waals surface area contributed by atoms with E-state index in [1.54, 1.807) is 35.2 Å². The molecule has 1 unspecified atom stereocenters. The van der Waals surface area contributed by atoms with Crippen molar-refractivity contribution in [2.45, 2.75) is 52.2 Å². The highest BCUT2D eigenvalue weighted by Gasteiger charge is 2.29. The number of carbonyl (C=O) groups excluding carboxylic acids is 3. The van der Waals surface area contributed by atoms with Gasteiger partial charge in [-0.25, -0.2) is 14.8 Å². The van der Waals surface area contributed by atoms with Crippen LogP contribution in [0.3, 0.4) is 0 Å². The second-order valence-corrected chi connectivity index (χ2v) is 12.4. The van der Waals surface area contributed by atoms with Crippen LogP contribution < -0.4 is 15.5 Å². The van der Waals surface area contributed by atoms with Crippen molar-refractivity contribution in [2.75, 3.05) is 57.0 Å². The van der Waals surface area contributed by atoms with Gasteiger partial charge in [0.25, 0.3) is 11.8 Å². The minimum atomic E-state index is -0.599. The zero-order valence-electron chi connectivity index (χ0n) is 27.2. The van der Waals surface area contributed by atoms with Crippen LogP contribution in [0.5, 0.6) is 0 Å². The smallest absolute Gasteiger partial charge is 0.410 e. The van der Waals surface area contributed by atoms with Crippen molar-refractivity contribution < 1.29 is 19.1 Å². The summed E-state index contributed by atoms with van der Waals surface area (Å²) in [6, 6.07) is 17.9. The summed E-state index contributed by atoms with van der Waals surface area (Å²) in [5.41, 5.74) is 1.07. The Morgan fingerprint density at radius 2 is 1.69 bits per heavy atom. The van der Waals surface area contributed by atoms with E-state index < -0.39 is 17.6 Å². The molecule has 1 aliphatic rings. The van der Waals surface area contributed by atoms with E-state index in [1.807, 2.05) is 72.1 Å². The van der Waals surface area contributed by atoms with Crippen LogP contribution in [0.4, 0.5) is 16.3 Å². The van der Waals surface area contributed by atoms with Gasteiger partial charge < -0.3 is 30.1 Å². The maximum absolute atomic E-state index is 13.7. The van der Waals surface area contributed by atoms with Gasteiger partial charge in [-0.3, -0.25) is 9.59 Å².